The monoisotopic (exact) mass is 243 g/mol. The molecule has 0 spiro atoms. The summed E-state index contributed by atoms with van der Waals surface area (Å²) in [6.07, 6.45) is 0.781. The van der Waals surface area contributed by atoms with Crippen LogP contribution in [0.25, 0.3) is 0 Å². The van der Waals surface area contributed by atoms with Crippen LogP contribution < -0.4 is 10.5 Å². The lowest BCUT2D eigenvalue weighted by atomic mass is 9.92. The molecular weight excluding hydrogens is 229 g/mol. The van der Waals surface area contributed by atoms with E-state index in [0.717, 1.165) is 23.3 Å². The van der Waals surface area contributed by atoms with Crippen LogP contribution in [-0.2, 0) is 6.42 Å². The second kappa shape index (κ2) is 4.42. The van der Waals surface area contributed by atoms with Gasteiger partial charge in [-0.15, -0.1) is 0 Å². The van der Waals surface area contributed by atoms with E-state index in [1.54, 1.807) is 6.07 Å². The third kappa shape index (κ3) is 1.87. The van der Waals surface area contributed by atoms with Crippen molar-refractivity contribution in [2.75, 3.05) is 6.54 Å². The standard InChI is InChI=1S/C15H14FNO/c16-12-6-5-10-7-11(9-17)13-3-1-2-4-14(13)18-15(10)8-12/h1-6,8,11H,7,9,17H2/t11-/m1/s1. The lowest BCUT2D eigenvalue weighted by Crippen LogP contribution is -2.14. The molecule has 0 amide bonds. The van der Waals surface area contributed by atoms with Crippen LogP contribution in [-0.4, -0.2) is 6.54 Å². The van der Waals surface area contributed by atoms with Crippen LogP contribution in [0.3, 0.4) is 0 Å². The molecule has 0 unspecified atom stereocenters. The topological polar surface area (TPSA) is 35.2 Å². The Kier molecular flexibility index (Phi) is 2.76. The molecule has 3 rings (SSSR count). The van der Waals surface area contributed by atoms with Crippen molar-refractivity contribution in [3.8, 4) is 11.5 Å². The van der Waals surface area contributed by atoms with Gasteiger partial charge in [-0.1, -0.05) is 24.3 Å². The maximum absolute atomic E-state index is 13.3. The molecule has 2 N–H and O–H groups in total. The third-order valence-corrected chi connectivity index (χ3v) is 3.36. The number of hydrogen-bond acceptors (Lipinski definition) is 2. The molecule has 1 aliphatic heterocycles. The Morgan fingerprint density at radius 1 is 1.17 bits per heavy atom. The molecular formula is C15H14FNO. The summed E-state index contributed by atoms with van der Waals surface area (Å²) in [5.74, 6) is 1.31. The number of rotatable bonds is 1. The second-order valence-corrected chi connectivity index (χ2v) is 4.53. The summed E-state index contributed by atoms with van der Waals surface area (Å²) >= 11 is 0. The van der Waals surface area contributed by atoms with Gasteiger partial charge in [-0.05, 0) is 36.2 Å². The molecule has 92 valence electrons. The highest BCUT2D eigenvalue weighted by atomic mass is 19.1. The molecule has 2 aromatic carbocycles. The van der Waals surface area contributed by atoms with Crippen molar-refractivity contribution in [2.24, 2.45) is 5.73 Å². The minimum absolute atomic E-state index is 0.216. The molecule has 0 radical (unpaired) electrons. The Morgan fingerprint density at radius 3 is 2.83 bits per heavy atom. The summed E-state index contributed by atoms with van der Waals surface area (Å²) in [4.78, 5) is 0. The van der Waals surface area contributed by atoms with Crippen LogP contribution in [0.5, 0.6) is 11.5 Å². The lowest BCUT2D eigenvalue weighted by molar-refractivity contribution is 0.472. The van der Waals surface area contributed by atoms with E-state index in [1.807, 2.05) is 24.3 Å². The van der Waals surface area contributed by atoms with Gasteiger partial charge in [0.15, 0.2) is 0 Å². The predicted octanol–water partition coefficient (Wildman–Crippen LogP) is 3.22. The quantitative estimate of drug-likeness (QED) is 0.834. The molecule has 2 aromatic rings. The highest BCUT2D eigenvalue weighted by Crippen LogP contribution is 2.38. The number of para-hydroxylation sites is 1. The van der Waals surface area contributed by atoms with Gasteiger partial charge in [0.25, 0.3) is 0 Å². The molecule has 2 nitrogen and oxygen atoms in total. The van der Waals surface area contributed by atoms with Gasteiger partial charge in [-0.2, -0.15) is 0 Å². The Bertz CT molecular complexity index is 582. The Balaban J connectivity index is 2.13. The molecule has 0 aromatic heterocycles. The van der Waals surface area contributed by atoms with Crippen LogP contribution in [0.4, 0.5) is 4.39 Å². The molecule has 1 aliphatic rings. The summed E-state index contributed by atoms with van der Waals surface area (Å²) in [7, 11) is 0. The average molecular weight is 243 g/mol. The van der Waals surface area contributed by atoms with Gasteiger partial charge in [0, 0.05) is 12.0 Å². The van der Waals surface area contributed by atoms with Gasteiger partial charge >= 0.3 is 0 Å². The van der Waals surface area contributed by atoms with Gasteiger partial charge in [-0.25, -0.2) is 4.39 Å². The van der Waals surface area contributed by atoms with Crippen LogP contribution in [0, 0.1) is 5.82 Å². The maximum Gasteiger partial charge on any atom is 0.133 e. The largest absolute Gasteiger partial charge is 0.457 e. The van der Waals surface area contributed by atoms with E-state index >= 15 is 0 Å². The number of halogens is 1. The molecule has 0 aliphatic carbocycles. The van der Waals surface area contributed by atoms with Crippen LogP contribution in [0.2, 0.25) is 0 Å². The Morgan fingerprint density at radius 2 is 2.00 bits per heavy atom. The summed E-state index contributed by atoms with van der Waals surface area (Å²) < 4.78 is 19.1. The zero-order chi connectivity index (χ0) is 12.5. The minimum Gasteiger partial charge on any atom is -0.457 e. The molecule has 0 saturated heterocycles. The molecule has 1 atom stereocenters. The first-order valence-electron chi connectivity index (χ1n) is 6.03. The van der Waals surface area contributed by atoms with E-state index in [2.05, 4.69) is 0 Å². The number of nitrogens with two attached hydrogens (primary N) is 1. The van der Waals surface area contributed by atoms with Crippen molar-refractivity contribution in [3.05, 3.63) is 59.4 Å². The fourth-order valence-electron chi connectivity index (χ4n) is 2.41. The first kappa shape index (κ1) is 11.2. The number of hydrogen-bond donors (Lipinski definition) is 1. The van der Waals surface area contributed by atoms with Gasteiger partial charge in [-0.3, -0.25) is 0 Å². The molecule has 0 bridgehead atoms. The fourth-order valence-corrected chi connectivity index (χ4v) is 2.41. The van der Waals surface area contributed by atoms with Crippen molar-refractivity contribution < 1.29 is 9.13 Å². The molecule has 3 heteroatoms. The lowest BCUT2D eigenvalue weighted by Gasteiger charge is -2.13. The van der Waals surface area contributed by atoms with Gasteiger partial charge in [0.1, 0.15) is 17.3 Å². The number of benzene rings is 2. The summed E-state index contributed by atoms with van der Waals surface area (Å²) in [6.45, 7) is 0.553. The van der Waals surface area contributed by atoms with E-state index in [9.17, 15) is 4.39 Å². The Hall–Kier alpha value is -1.87. The van der Waals surface area contributed by atoms with Gasteiger partial charge in [0.05, 0.1) is 0 Å². The highest BCUT2D eigenvalue weighted by Gasteiger charge is 2.22. The van der Waals surface area contributed by atoms with E-state index < -0.39 is 0 Å². The molecule has 1 heterocycles. The van der Waals surface area contributed by atoms with Gasteiger partial charge < -0.3 is 10.5 Å². The van der Waals surface area contributed by atoms with Crippen molar-refractivity contribution >= 4 is 0 Å². The molecule has 0 saturated carbocycles. The Labute approximate surface area is 105 Å². The molecule has 0 fully saturated rings. The van der Waals surface area contributed by atoms with E-state index in [4.69, 9.17) is 10.5 Å². The van der Waals surface area contributed by atoms with Crippen LogP contribution >= 0.6 is 0 Å². The SMILES string of the molecule is NC[C@H]1Cc2ccc(F)cc2Oc2ccccc21. The first-order chi connectivity index (χ1) is 8.78. The summed E-state index contributed by atoms with van der Waals surface area (Å²) in [5.41, 5.74) is 7.94. The third-order valence-electron chi connectivity index (χ3n) is 3.36. The number of ether oxygens (including phenoxy) is 1. The number of fused-ring (bicyclic) bond motifs is 2. The van der Waals surface area contributed by atoms with Crippen molar-refractivity contribution in [1.29, 1.82) is 0 Å². The molecule has 18 heavy (non-hydrogen) atoms. The fraction of sp³-hybridized carbons (Fsp3) is 0.200. The normalized spacial score (nSPS) is 17.3. The van der Waals surface area contributed by atoms with Crippen molar-refractivity contribution in [3.63, 3.8) is 0 Å². The zero-order valence-corrected chi connectivity index (χ0v) is 9.90. The smallest absolute Gasteiger partial charge is 0.133 e. The maximum atomic E-state index is 13.3. The zero-order valence-electron chi connectivity index (χ0n) is 9.90. The predicted molar refractivity (Wildman–Crippen MR) is 68.4 cm³/mol. The van der Waals surface area contributed by atoms with Crippen molar-refractivity contribution in [1.82, 2.24) is 0 Å². The summed E-state index contributed by atoms with van der Waals surface area (Å²) in [5, 5.41) is 0. The summed E-state index contributed by atoms with van der Waals surface area (Å²) in [6, 6.07) is 12.5. The van der Waals surface area contributed by atoms with E-state index in [-0.39, 0.29) is 11.7 Å². The van der Waals surface area contributed by atoms with Crippen LogP contribution in [0.15, 0.2) is 42.5 Å². The minimum atomic E-state index is -0.280. The van der Waals surface area contributed by atoms with Gasteiger partial charge in [0.2, 0.25) is 0 Å². The average Bonchev–Trinajstić information content (AvgIpc) is 2.54. The van der Waals surface area contributed by atoms with E-state index in [0.29, 0.717) is 12.3 Å². The highest BCUT2D eigenvalue weighted by molar-refractivity contribution is 5.47. The second-order valence-electron chi connectivity index (χ2n) is 4.53. The van der Waals surface area contributed by atoms with Crippen molar-refractivity contribution in [2.45, 2.75) is 12.3 Å². The van der Waals surface area contributed by atoms with E-state index in [1.165, 1.54) is 12.1 Å². The first-order valence-corrected chi connectivity index (χ1v) is 6.03. The van der Waals surface area contributed by atoms with Crippen LogP contribution in [0.1, 0.15) is 17.0 Å².